The van der Waals surface area contributed by atoms with Crippen molar-refractivity contribution in [3.8, 4) is 0 Å². The molecule has 2 aromatic carbocycles. The van der Waals surface area contributed by atoms with Crippen LogP contribution in [0.15, 0.2) is 53.4 Å². The lowest BCUT2D eigenvalue weighted by atomic mass is 10.0. The predicted octanol–water partition coefficient (Wildman–Crippen LogP) is 1.17. The molecule has 9 heteroatoms. The Balaban J connectivity index is 1.71. The van der Waals surface area contributed by atoms with Crippen molar-refractivity contribution in [2.45, 2.75) is 17.0 Å². The van der Waals surface area contributed by atoms with Crippen LogP contribution in [0.2, 0.25) is 0 Å². The van der Waals surface area contributed by atoms with Gasteiger partial charge in [-0.3, -0.25) is 9.52 Å². The Hall–Kier alpha value is -2.49. The molecule has 1 aliphatic heterocycles. The van der Waals surface area contributed by atoms with E-state index in [9.17, 15) is 22.7 Å². The number of aliphatic hydroxyl groups is 1. The summed E-state index contributed by atoms with van der Waals surface area (Å²) < 4.78 is 44.9. The number of hydrogen-bond acceptors (Lipinski definition) is 5. The number of hydrogen-bond donors (Lipinski definition) is 3. The van der Waals surface area contributed by atoms with Gasteiger partial charge in [-0.15, -0.1) is 0 Å². The molecule has 3 N–H and O–H groups in total. The highest BCUT2D eigenvalue weighted by Crippen LogP contribution is 2.22. The Kier molecular flexibility index (Phi) is 5.21. The molecule has 0 aliphatic carbocycles. The average Bonchev–Trinajstić information content (AvgIpc) is 2.62. The van der Waals surface area contributed by atoms with E-state index in [1.54, 1.807) is 12.1 Å². The van der Waals surface area contributed by atoms with Gasteiger partial charge >= 0.3 is 0 Å². The first-order valence-electron chi connectivity index (χ1n) is 7.79. The van der Waals surface area contributed by atoms with Gasteiger partial charge in [-0.05, 0) is 42.0 Å². The molecule has 0 aromatic heterocycles. The SMILES string of the molecule is O=C1COCC(C(O)c2ccc(NS(=O)(=O)c3ccc(F)cc3)cc2)N1. The second-order valence-electron chi connectivity index (χ2n) is 5.82. The highest BCUT2D eigenvalue weighted by atomic mass is 32.2. The number of aliphatic hydroxyl groups excluding tert-OH is 1. The number of ether oxygens (including phenoxy) is 1. The minimum absolute atomic E-state index is 0.0344. The fraction of sp³-hybridized carbons (Fsp3) is 0.235. The van der Waals surface area contributed by atoms with Gasteiger partial charge in [0.15, 0.2) is 0 Å². The Morgan fingerprint density at radius 2 is 1.81 bits per heavy atom. The number of sulfonamides is 1. The summed E-state index contributed by atoms with van der Waals surface area (Å²) in [7, 11) is -3.85. The van der Waals surface area contributed by atoms with Crippen LogP contribution in [0.3, 0.4) is 0 Å². The largest absolute Gasteiger partial charge is 0.386 e. The Labute approximate surface area is 149 Å². The summed E-state index contributed by atoms with van der Waals surface area (Å²) >= 11 is 0. The monoisotopic (exact) mass is 380 g/mol. The van der Waals surface area contributed by atoms with E-state index >= 15 is 0 Å². The zero-order valence-corrected chi connectivity index (χ0v) is 14.4. The molecular formula is C17H17FN2O5S. The molecule has 1 heterocycles. The maximum Gasteiger partial charge on any atom is 0.261 e. The number of carbonyl (C=O) groups is 1. The van der Waals surface area contributed by atoms with Crippen molar-refractivity contribution in [1.82, 2.24) is 5.32 Å². The summed E-state index contributed by atoms with van der Waals surface area (Å²) in [6.45, 7) is 0.152. The van der Waals surface area contributed by atoms with E-state index in [1.165, 1.54) is 24.3 Å². The molecule has 0 saturated carbocycles. The van der Waals surface area contributed by atoms with Crippen LogP contribution in [-0.4, -0.2) is 38.7 Å². The lowest BCUT2D eigenvalue weighted by Gasteiger charge is -2.28. The van der Waals surface area contributed by atoms with Crippen molar-refractivity contribution in [3.63, 3.8) is 0 Å². The highest BCUT2D eigenvalue weighted by Gasteiger charge is 2.26. The van der Waals surface area contributed by atoms with Crippen molar-refractivity contribution in [2.75, 3.05) is 17.9 Å². The molecule has 138 valence electrons. The lowest BCUT2D eigenvalue weighted by molar-refractivity contribution is -0.133. The molecule has 0 radical (unpaired) electrons. The summed E-state index contributed by atoms with van der Waals surface area (Å²) in [5.74, 6) is -0.829. The van der Waals surface area contributed by atoms with Crippen molar-refractivity contribution in [1.29, 1.82) is 0 Å². The van der Waals surface area contributed by atoms with Gasteiger partial charge in [0.1, 0.15) is 18.5 Å². The van der Waals surface area contributed by atoms with Gasteiger partial charge in [0.25, 0.3) is 10.0 Å². The Morgan fingerprint density at radius 1 is 1.15 bits per heavy atom. The summed E-state index contributed by atoms with van der Waals surface area (Å²) in [6, 6.07) is 9.97. The van der Waals surface area contributed by atoms with Crippen LogP contribution in [0, 0.1) is 5.82 Å². The van der Waals surface area contributed by atoms with E-state index in [1.807, 2.05) is 0 Å². The van der Waals surface area contributed by atoms with Crippen molar-refractivity contribution < 1.29 is 27.4 Å². The predicted molar refractivity (Wildman–Crippen MR) is 91.4 cm³/mol. The third-order valence-electron chi connectivity index (χ3n) is 3.89. The number of carbonyl (C=O) groups excluding carboxylic acids is 1. The molecule has 2 unspecified atom stereocenters. The van der Waals surface area contributed by atoms with Crippen LogP contribution in [0.25, 0.3) is 0 Å². The normalized spacial score (nSPS) is 18.8. The van der Waals surface area contributed by atoms with E-state index in [-0.39, 0.29) is 29.7 Å². The van der Waals surface area contributed by atoms with Crippen LogP contribution < -0.4 is 10.0 Å². The maximum absolute atomic E-state index is 12.9. The molecule has 1 aliphatic rings. The topological polar surface area (TPSA) is 105 Å². The molecule has 2 atom stereocenters. The van der Waals surface area contributed by atoms with Crippen molar-refractivity contribution in [3.05, 3.63) is 59.9 Å². The molecule has 26 heavy (non-hydrogen) atoms. The van der Waals surface area contributed by atoms with E-state index in [0.717, 1.165) is 12.1 Å². The zero-order chi connectivity index (χ0) is 18.7. The number of rotatable bonds is 5. The lowest BCUT2D eigenvalue weighted by Crippen LogP contribution is -2.48. The number of anilines is 1. The zero-order valence-electron chi connectivity index (χ0n) is 13.6. The van der Waals surface area contributed by atoms with E-state index < -0.39 is 28.0 Å². The first-order chi connectivity index (χ1) is 12.3. The van der Waals surface area contributed by atoms with Gasteiger partial charge in [0.05, 0.1) is 17.5 Å². The quantitative estimate of drug-likeness (QED) is 0.722. The van der Waals surface area contributed by atoms with E-state index in [2.05, 4.69) is 10.0 Å². The molecule has 0 bridgehead atoms. The molecule has 1 amide bonds. The molecular weight excluding hydrogens is 363 g/mol. The highest BCUT2D eigenvalue weighted by molar-refractivity contribution is 7.92. The molecule has 7 nitrogen and oxygen atoms in total. The van der Waals surface area contributed by atoms with Gasteiger partial charge in [0, 0.05) is 5.69 Å². The number of benzene rings is 2. The van der Waals surface area contributed by atoms with Crippen LogP contribution in [0.5, 0.6) is 0 Å². The van der Waals surface area contributed by atoms with Crippen LogP contribution >= 0.6 is 0 Å². The van der Waals surface area contributed by atoms with Crippen LogP contribution in [0.4, 0.5) is 10.1 Å². The molecule has 1 fully saturated rings. The second kappa shape index (κ2) is 7.40. The molecule has 0 spiro atoms. The van der Waals surface area contributed by atoms with Gasteiger partial charge < -0.3 is 15.2 Å². The number of halogens is 1. The molecule has 3 rings (SSSR count). The first-order valence-corrected chi connectivity index (χ1v) is 9.27. The minimum Gasteiger partial charge on any atom is -0.386 e. The fourth-order valence-electron chi connectivity index (χ4n) is 2.55. The third-order valence-corrected chi connectivity index (χ3v) is 5.28. The van der Waals surface area contributed by atoms with E-state index in [4.69, 9.17) is 4.74 Å². The number of nitrogens with one attached hydrogen (secondary N) is 2. The second-order valence-corrected chi connectivity index (χ2v) is 7.50. The third kappa shape index (κ3) is 4.18. The summed E-state index contributed by atoms with van der Waals surface area (Å²) in [4.78, 5) is 11.3. The van der Waals surface area contributed by atoms with Gasteiger partial charge in [0.2, 0.25) is 5.91 Å². The first kappa shape index (κ1) is 18.3. The van der Waals surface area contributed by atoms with Crippen LogP contribution in [0.1, 0.15) is 11.7 Å². The number of amides is 1. The van der Waals surface area contributed by atoms with Gasteiger partial charge in [-0.2, -0.15) is 0 Å². The molecule has 1 saturated heterocycles. The smallest absolute Gasteiger partial charge is 0.261 e. The standard InChI is InChI=1S/C17H17FN2O5S/c18-12-3-7-14(8-4-12)26(23,24)20-13-5-1-11(2-6-13)17(22)15-9-25-10-16(21)19-15/h1-8,15,17,20,22H,9-10H2,(H,19,21). The van der Waals surface area contributed by atoms with Crippen molar-refractivity contribution >= 4 is 21.6 Å². The Morgan fingerprint density at radius 3 is 2.42 bits per heavy atom. The summed E-state index contributed by atoms with van der Waals surface area (Å²) in [5, 5.41) is 13.0. The average molecular weight is 380 g/mol. The van der Waals surface area contributed by atoms with Crippen LogP contribution in [-0.2, 0) is 19.6 Å². The van der Waals surface area contributed by atoms with Crippen molar-refractivity contribution in [2.24, 2.45) is 0 Å². The summed E-state index contributed by atoms with van der Waals surface area (Å²) in [5.41, 5.74) is 0.791. The van der Waals surface area contributed by atoms with Gasteiger partial charge in [-0.1, -0.05) is 12.1 Å². The maximum atomic E-state index is 12.9. The summed E-state index contributed by atoms with van der Waals surface area (Å²) in [6.07, 6.45) is -0.984. The Bertz CT molecular complexity index is 884. The fourth-order valence-corrected chi connectivity index (χ4v) is 3.61. The number of morpholine rings is 1. The van der Waals surface area contributed by atoms with Gasteiger partial charge in [-0.25, -0.2) is 12.8 Å². The van der Waals surface area contributed by atoms with E-state index in [0.29, 0.717) is 5.56 Å². The molecule has 2 aromatic rings. The minimum atomic E-state index is -3.85.